The van der Waals surface area contributed by atoms with E-state index in [2.05, 4.69) is 10.4 Å². The zero-order chi connectivity index (χ0) is 12.9. The van der Waals surface area contributed by atoms with Gasteiger partial charge in [0, 0.05) is 12.1 Å². The maximum absolute atomic E-state index is 8.49. The van der Waals surface area contributed by atoms with Crippen LogP contribution in [0.5, 0.6) is 5.75 Å². The number of fused-ring (bicyclic) bond motifs is 1. The smallest absolute Gasteiger partial charge is 0.323 e. The lowest BCUT2D eigenvalue weighted by molar-refractivity contribution is -2.00. The Morgan fingerprint density at radius 1 is 1.35 bits per heavy atom. The lowest BCUT2D eigenvalue weighted by atomic mass is 10.3. The van der Waals surface area contributed by atoms with Gasteiger partial charge in [0.15, 0.2) is 5.52 Å². The minimum absolute atomic E-state index is 0.707. The molecule has 0 N–H and O–H groups in total. The van der Waals surface area contributed by atoms with E-state index in [1.165, 1.54) is 15.2 Å². The molecule has 0 saturated heterocycles. The minimum atomic E-state index is -4.94. The molecule has 17 heavy (non-hydrogen) atoms. The number of halogens is 1. The summed E-state index contributed by atoms with van der Waals surface area (Å²) in [5.74, 6) is 0.906. The zero-order valence-corrected chi connectivity index (χ0v) is 11.0. The Morgan fingerprint density at radius 2 is 2.00 bits per heavy atom. The van der Waals surface area contributed by atoms with Gasteiger partial charge in [-0.05, 0) is 13.0 Å². The number of aromatic nitrogens is 1. The van der Waals surface area contributed by atoms with Gasteiger partial charge in [-0.25, -0.2) is 18.6 Å². The van der Waals surface area contributed by atoms with Gasteiger partial charge in [0.25, 0.3) is 15.2 Å². The molecule has 0 spiro atoms. The van der Waals surface area contributed by atoms with E-state index in [-0.39, 0.29) is 0 Å². The summed E-state index contributed by atoms with van der Waals surface area (Å²) in [6.07, 6.45) is 0. The SMILES string of the molecule is CCOc1ccc2[s+]snc2c1.[O-][Cl+3]([O-])([O-])[O-]. The lowest BCUT2D eigenvalue weighted by Gasteiger charge is -2.17. The van der Waals surface area contributed by atoms with Crippen LogP contribution in [-0.4, -0.2) is 11.0 Å². The molecule has 0 aliphatic heterocycles. The fourth-order valence-corrected chi connectivity index (χ4v) is 2.73. The van der Waals surface area contributed by atoms with Crippen molar-refractivity contribution in [3.8, 4) is 5.75 Å². The van der Waals surface area contributed by atoms with Crippen molar-refractivity contribution in [2.75, 3.05) is 6.61 Å². The van der Waals surface area contributed by atoms with Crippen LogP contribution < -0.4 is 23.4 Å². The van der Waals surface area contributed by atoms with Crippen LogP contribution in [0.1, 0.15) is 6.92 Å². The molecule has 0 atom stereocenters. The highest BCUT2D eigenvalue weighted by atomic mass is 35.7. The van der Waals surface area contributed by atoms with Gasteiger partial charge in [0.1, 0.15) is 5.75 Å². The van der Waals surface area contributed by atoms with Gasteiger partial charge >= 0.3 is 10.3 Å². The van der Waals surface area contributed by atoms with Crippen LogP contribution in [0.25, 0.3) is 10.2 Å². The van der Waals surface area contributed by atoms with E-state index in [1.54, 1.807) is 10.3 Å². The summed E-state index contributed by atoms with van der Waals surface area (Å²) in [4.78, 5) is 0. The van der Waals surface area contributed by atoms with Gasteiger partial charge in [-0.3, -0.25) is 0 Å². The molecule has 0 aliphatic carbocycles. The number of hydrogen-bond donors (Lipinski definition) is 0. The molecule has 1 aromatic carbocycles. The van der Waals surface area contributed by atoms with E-state index in [4.69, 9.17) is 23.4 Å². The third-order valence-electron chi connectivity index (χ3n) is 1.50. The van der Waals surface area contributed by atoms with Crippen LogP contribution in [0.4, 0.5) is 0 Å². The predicted molar refractivity (Wildman–Crippen MR) is 53.1 cm³/mol. The van der Waals surface area contributed by atoms with E-state index in [0.29, 0.717) is 6.61 Å². The van der Waals surface area contributed by atoms with Crippen LogP contribution in [0, 0.1) is 10.2 Å². The van der Waals surface area contributed by atoms with Crippen LogP contribution >= 0.6 is 20.9 Å². The van der Waals surface area contributed by atoms with Gasteiger partial charge in [0.2, 0.25) is 0 Å². The fraction of sp³-hybridized carbons (Fsp3) is 0.250. The maximum Gasteiger partial charge on any atom is 0.323 e. The first-order chi connectivity index (χ1) is 7.90. The number of benzene rings is 1. The van der Waals surface area contributed by atoms with Crippen LogP contribution in [-0.2, 0) is 0 Å². The Balaban J connectivity index is 0.000000249. The summed E-state index contributed by atoms with van der Waals surface area (Å²) < 4.78 is 44.8. The second kappa shape index (κ2) is 6.36. The van der Waals surface area contributed by atoms with E-state index < -0.39 is 10.2 Å². The summed E-state index contributed by atoms with van der Waals surface area (Å²) in [7, 11) is -1.74. The van der Waals surface area contributed by atoms with Crippen LogP contribution in [0.3, 0.4) is 0 Å². The monoisotopic (exact) mass is 297 g/mol. The molecule has 0 aliphatic rings. The summed E-state index contributed by atoms with van der Waals surface area (Å²) >= 11 is 0. The van der Waals surface area contributed by atoms with E-state index >= 15 is 0 Å². The molecular weight excluding hydrogens is 290 g/mol. The van der Waals surface area contributed by atoms with Crippen molar-refractivity contribution in [3.63, 3.8) is 0 Å². The van der Waals surface area contributed by atoms with E-state index in [1.807, 2.05) is 19.1 Å². The molecule has 0 saturated carbocycles. The number of hydrogen-bond acceptors (Lipinski definition) is 7. The quantitative estimate of drug-likeness (QED) is 0.481. The van der Waals surface area contributed by atoms with Crippen molar-refractivity contribution in [3.05, 3.63) is 18.2 Å². The molecule has 0 amide bonds. The Hall–Kier alpha value is -0.610. The molecule has 2 rings (SSSR count). The molecule has 6 nitrogen and oxygen atoms in total. The Kier molecular flexibility index (Phi) is 5.40. The third kappa shape index (κ3) is 6.03. The first-order valence-corrected chi connectivity index (χ1v) is 7.67. The zero-order valence-electron chi connectivity index (χ0n) is 8.62. The number of ether oxygens (including phenoxy) is 1. The predicted octanol–water partition coefficient (Wildman–Crippen LogP) is -1.72. The Morgan fingerprint density at radius 3 is 2.59 bits per heavy atom. The second-order valence-corrected chi connectivity index (χ2v) is 5.33. The highest BCUT2D eigenvalue weighted by Crippen LogP contribution is 2.25. The lowest BCUT2D eigenvalue weighted by Crippen LogP contribution is -2.68. The first-order valence-electron chi connectivity index (χ1n) is 4.33. The molecule has 94 valence electrons. The topological polar surface area (TPSA) is 114 Å². The van der Waals surface area contributed by atoms with Crippen molar-refractivity contribution in [2.24, 2.45) is 0 Å². The van der Waals surface area contributed by atoms with Gasteiger partial charge < -0.3 is 4.74 Å². The standard InChI is InChI=1S/C8H8NOS2.ClHO4/c1-2-10-6-3-4-8-7(5-6)9-12-11-8;2-1(3,4)5/h3-5H,2H2,1H3;(H,2,3,4,5)/q+1;/p-1. The van der Waals surface area contributed by atoms with Gasteiger partial charge in [0.05, 0.1) is 6.61 Å². The summed E-state index contributed by atoms with van der Waals surface area (Å²) in [5, 5.41) is 0. The van der Waals surface area contributed by atoms with Crippen LogP contribution in [0.15, 0.2) is 18.2 Å². The molecule has 1 aromatic heterocycles. The normalized spacial score (nSPS) is 10.9. The molecule has 0 radical (unpaired) electrons. The average molecular weight is 298 g/mol. The molecule has 0 bridgehead atoms. The van der Waals surface area contributed by atoms with Gasteiger partial charge in [-0.1, -0.05) is 0 Å². The number of rotatable bonds is 2. The van der Waals surface area contributed by atoms with E-state index in [0.717, 1.165) is 11.3 Å². The Labute approximate surface area is 107 Å². The minimum Gasteiger partial charge on any atom is -0.494 e. The third-order valence-corrected chi connectivity index (χ3v) is 3.36. The fourth-order valence-electron chi connectivity index (χ4n) is 0.994. The highest BCUT2D eigenvalue weighted by molar-refractivity contribution is 7.69. The van der Waals surface area contributed by atoms with E-state index in [9.17, 15) is 0 Å². The molecular formula is C8H8ClNO5S2. The molecule has 1 heterocycles. The van der Waals surface area contributed by atoms with Crippen molar-refractivity contribution >= 4 is 31.1 Å². The summed E-state index contributed by atoms with van der Waals surface area (Å²) in [5.41, 5.74) is 1.04. The van der Waals surface area contributed by atoms with Gasteiger partial charge in [-0.2, -0.15) is 0 Å². The first kappa shape index (κ1) is 14.5. The molecule has 2 aromatic rings. The summed E-state index contributed by atoms with van der Waals surface area (Å²) in [6, 6.07) is 6.01. The number of nitrogens with zero attached hydrogens (tertiary/aromatic N) is 1. The highest BCUT2D eigenvalue weighted by Gasteiger charge is 2.09. The average Bonchev–Trinajstić information content (AvgIpc) is 2.62. The van der Waals surface area contributed by atoms with Crippen molar-refractivity contribution < 1.29 is 33.6 Å². The summed E-state index contributed by atoms with van der Waals surface area (Å²) in [6.45, 7) is 2.69. The molecule has 9 heteroatoms. The molecule has 0 unspecified atom stereocenters. The van der Waals surface area contributed by atoms with Crippen molar-refractivity contribution in [1.29, 1.82) is 0 Å². The van der Waals surface area contributed by atoms with Gasteiger partial charge in [-0.15, -0.1) is 14.6 Å². The van der Waals surface area contributed by atoms with Crippen molar-refractivity contribution in [1.82, 2.24) is 4.37 Å². The Bertz CT molecular complexity index is 466. The second-order valence-electron chi connectivity index (χ2n) is 2.69. The van der Waals surface area contributed by atoms with Crippen molar-refractivity contribution in [2.45, 2.75) is 6.92 Å². The van der Waals surface area contributed by atoms with Crippen LogP contribution in [0.2, 0.25) is 0 Å². The molecule has 0 fully saturated rings. The largest absolute Gasteiger partial charge is 0.494 e. The maximum atomic E-state index is 8.49.